The van der Waals surface area contributed by atoms with Crippen molar-refractivity contribution in [1.82, 2.24) is 4.40 Å². The molecule has 0 amide bonds. The number of aromatic nitrogens is 1. The lowest BCUT2D eigenvalue weighted by atomic mass is 9.84. The predicted octanol–water partition coefficient (Wildman–Crippen LogP) is 20.7. The van der Waals surface area contributed by atoms with Gasteiger partial charge >= 0.3 is 0 Å². The second-order valence-electron chi connectivity index (χ2n) is 19.1. The maximum atomic E-state index is 2.56. The zero-order valence-corrected chi connectivity index (χ0v) is 40.3. The van der Waals surface area contributed by atoms with Crippen molar-refractivity contribution in [2.75, 3.05) is 0 Å². The van der Waals surface area contributed by atoms with E-state index in [0.717, 1.165) is 0 Å². The summed E-state index contributed by atoms with van der Waals surface area (Å²) in [6.07, 6.45) is 0. The molecule has 0 aliphatic carbocycles. The lowest BCUT2D eigenvalue weighted by molar-refractivity contribution is 1.37. The largest absolute Gasteiger partial charge is 0.308 e. The summed E-state index contributed by atoms with van der Waals surface area (Å²) < 4.78 is 2.52. The first kappa shape index (κ1) is 39.4. The van der Waals surface area contributed by atoms with Crippen LogP contribution in [-0.4, -0.2) is 4.40 Å². The van der Waals surface area contributed by atoms with E-state index in [0.29, 0.717) is 0 Å². The van der Waals surface area contributed by atoms with Gasteiger partial charge in [0.25, 0.3) is 0 Å². The third-order valence-electron chi connectivity index (χ3n) is 15.6. The molecule has 16 rings (SSSR count). The van der Waals surface area contributed by atoms with Gasteiger partial charge in [0, 0.05) is 52.8 Å². The highest BCUT2D eigenvalue weighted by Gasteiger charge is 2.26. The Morgan fingerprint density at radius 1 is 0.239 bits per heavy atom. The van der Waals surface area contributed by atoms with E-state index in [-0.39, 0.29) is 0 Å². The number of benzene rings is 12. The van der Waals surface area contributed by atoms with Gasteiger partial charge in [-0.1, -0.05) is 233 Å². The Labute approximate surface area is 411 Å². The lowest BCUT2D eigenvalue weighted by Gasteiger charge is -2.19. The van der Waals surface area contributed by atoms with Gasteiger partial charge in [-0.05, 0) is 107 Å². The third-order valence-corrected chi connectivity index (χ3v) is 20.6. The van der Waals surface area contributed by atoms with Crippen molar-refractivity contribution in [2.45, 2.75) is 0 Å². The summed E-state index contributed by atoms with van der Waals surface area (Å²) in [4.78, 5) is 0. The van der Waals surface area contributed by atoms with Crippen molar-refractivity contribution in [1.29, 1.82) is 0 Å². The minimum atomic E-state index is -0.725. The standard InChI is InChI=1S/C68H41NP2/c1-3-19-42(20-4-1)70-60-35-13-9-25-53(60)65-47(31-17-37-62(65)70)44-27-15-29-49-56(44)41-57-45(48-32-18-38-63-66(48)54-26-10-14-36-61(54)71(63)43-21-5-2-6-22-43)28-16-30-50(57)64(49)55-40-39-51-46-23-7-11-33-58(46)69-59-34-12-8-24-52(59)67(55)68(51)69/h1-41H. The van der Waals surface area contributed by atoms with Crippen LogP contribution in [0.3, 0.4) is 0 Å². The van der Waals surface area contributed by atoms with Crippen molar-refractivity contribution >= 4 is 117 Å². The average Bonchev–Trinajstić information content (AvgIpc) is 4.17. The van der Waals surface area contributed by atoms with Crippen molar-refractivity contribution in [3.8, 4) is 44.0 Å². The van der Waals surface area contributed by atoms with E-state index in [4.69, 9.17) is 0 Å². The fourth-order valence-corrected chi connectivity index (χ4v) is 18.1. The van der Waals surface area contributed by atoms with E-state index in [1.165, 1.54) is 146 Å². The second-order valence-corrected chi connectivity index (χ2v) is 23.4. The Morgan fingerprint density at radius 3 is 1.23 bits per heavy atom. The third kappa shape index (κ3) is 5.43. The summed E-state index contributed by atoms with van der Waals surface area (Å²) in [5, 5.41) is 24.2. The quantitative estimate of drug-likeness (QED) is 0.152. The molecule has 0 radical (unpaired) electrons. The molecule has 0 aliphatic rings. The van der Waals surface area contributed by atoms with Crippen LogP contribution in [0.5, 0.6) is 0 Å². The molecule has 12 aromatic carbocycles. The van der Waals surface area contributed by atoms with Crippen LogP contribution in [-0.2, 0) is 0 Å². The Morgan fingerprint density at radius 2 is 0.662 bits per heavy atom. The minimum Gasteiger partial charge on any atom is -0.308 e. The van der Waals surface area contributed by atoms with Crippen molar-refractivity contribution in [3.63, 3.8) is 0 Å². The van der Waals surface area contributed by atoms with Crippen molar-refractivity contribution < 1.29 is 0 Å². The molecule has 71 heavy (non-hydrogen) atoms. The van der Waals surface area contributed by atoms with Gasteiger partial charge in [0.15, 0.2) is 0 Å². The first-order chi connectivity index (χ1) is 35.3. The first-order valence-corrected chi connectivity index (χ1v) is 27.3. The van der Waals surface area contributed by atoms with E-state index in [2.05, 4.69) is 253 Å². The molecule has 0 saturated heterocycles. The van der Waals surface area contributed by atoms with Crippen LogP contribution in [0, 0.1) is 0 Å². The van der Waals surface area contributed by atoms with Crippen LogP contribution >= 0.6 is 15.1 Å². The van der Waals surface area contributed by atoms with E-state index < -0.39 is 15.1 Å². The zero-order chi connectivity index (χ0) is 46.3. The van der Waals surface area contributed by atoms with Gasteiger partial charge < -0.3 is 4.40 Å². The summed E-state index contributed by atoms with van der Waals surface area (Å²) in [7, 11) is -1.45. The highest BCUT2D eigenvalue weighted by atomic mass is 31.1. The van der Waals surface area contributed by atoms with Gasteiger partial charge in [-0.2, -0.15) is 0 Å². The van der Waals surface area contributed by atoms with E-state index in [1.54, 1.807) is 0 Å². The Kier molecular flexibility index (Phi) is 8.34. The van der Waals surface area contributed by atoms with Crippen LogP contribution < -0.4 is 0 Å². The molecule has 0 N–H and O–H groups in total. The van der Waals surface area contributed by atoms with E-state index >= 15 is 0 Å². The summed E-state index contributed by atoms with van der Waals surface area (Å²) in [5.41, 5.74) is 11.4. The summed E-state index contributed by atoms with van der Waals surface area (Å²) in [5.74, 6) is 0. The summed E-state index contributed by atoms with van der Waals surface area (Å²) >= 11 is 0. The summed E-state index contributed by atoms with van der Waals surface area (Å²) in [6.45, 7) is 0. The molecule has 0 aliphatic heterocycles. The molecule has 0 spiro atoms. The van der Waals surface area contributed by atoms with Gasteiger partial charge in [-0.15, -0.1) is 0 Å². The molecule has 16 aromatic rings. The minimum absolute atomic E-state index is 0.725. The topological polar surface area (TPSA) is 4.41 Å². The average molecular weight is 934 g/mol. The van der Waals surface area contributed by atoms with Crippen LogP contribution in [0.15, 0.2) is 249 Å². The summed E-state index contributed by atoms with van der Waals surface area (Å²) in [6, 6.07) is 94.4. The second kappa shape index (κ2) is 15.0. The number of nitrogens with zero attached hydrogens (tertiary/aromatic N) is 1. The van der Waals surface area contributed by atoms with E-state index in [1.807, 2.05) is 0 Å². The maximum Gasteiger partial charge on any atom is 0.0626 e. The molecule has 328 valence electrons. The Bertz CT molecular complexity index is 4640. The van der Waals surface area contributed by atoms with Crippen LogP contribution in [0.4, 0.5) is 0 Å². The van der Waals surface area contributed by atoms with Gasteiger partial charge in [0.05, 0.1) is 16.6 Å². The Hall–Kier alpha value is -8.44. The molecule has 0 bridgehead atoms. The monoisotopic (exact) mass is 933 g/mol. The molecule has 0 fully saturated rings. The van der Waals surface area contributed by atoms with Gasteiger partial charge in [0.2, 0.25) is 0 Å². The fraction of sp³-hybridized carbons (Fsp3) is 0. The molecule has 0 saturated carbocycles. The smallest absolute Gasteiger partial charge is 0.0626 e. The number of fused-ring (bicyclic) bond motifs is 14. The molecular weight excluding hydrogens is 893 g/mol. The van der Waals surface area contributed by atoms with Crippen LogP contribution in [0.1, 0.15) is 0 Å². The van der Waals surface area contributed by atoms with Gasteiger partial charge in [-0.3, -0.25) is 0 Å². The predicted molar refractivity (Wildman–Crippen MR) is 311 cm³/mol. The molecule has 4 heterocycles. The molecular formula is C68H41NP2. The van der Waals surface area contributed by atoms with Gasteiger partial charge in [0.1, 0.15) is 0 Å². The van der Waals surface area contributed by atoms with Gasteiger partial charge in [-0.25, -0.2) is 0 Å². The molecule has 4 aromatic heterocycles. The Balaban J connectivity index is 1.07. The maximum absolute atomic E-state index is 2.56. The highest BCUT2D eigenvalue weighted by molar-refractivity contribution is 7.68. The number of hydrogen-bond acceptors (Lipinski definition) is 0. The zero-order valence-electron chi connectivity index (χ0n) is 38.5. The van der Waals surface area contributed by atoms with E-state index in [9.17, 15) is 0 Å². The van der Waals surface area contributed by atoms with Crippen LogP contribution in [0.25, 0.3) is 146 Å². The fourth-order valence-electron chi connectivity index (χ4n) is 12.8. The molecule has 3 heteroatoms. The molecule has 1 nitrogen and oxygen atoms in total. The van der Waals surface area contributed by atoms with Crippen molar-refractivity contribution in [2.24, 2.45) is 0 Å². The number of para-hydroxylation sites is 2. The van der Waals surface area contributed by atoms with Crippen LogP contribution in [0.2, 0.25) is 0 Å². The molecule has 2 unspecified atom stereocenters. The number of rotatable bonds is 5. The van der Waals surface area contributed by atoms with Crippen molar-refractivity contribution in [3.05, 3.63) is 249 Å². The number of hydrogen-bond donors (Lipinski definition) is 0. The highest BCUT2D eigenvalue weighted by Crippen LogP contribution is 2.59. The lowest BCUT2D eigenvalue weighted by Crippen LogP contribution is -1.92. The molecule has 2 atom stereocenters. The first-order valence-electron chi connectivity index (χ1n) is 24.6. The normalized spacial score (nSPS) is 12.7. The SMILES string of the molecule is c1ccc(-p2c3ccccc3c3c(-c4cccc5c(-c6ccc7c8ccccc8n8c9ccccc9c6c78)c6cccc(-c7cccc8c7c7ccccc7p8-c7ccccc7)c6cc45)cccc32)cc1.